The molecule has 0 fully saturated rings. The minimum Gasteiger partial charge on any atom is -0.495 e. The van der Waals surface area contributed by atoms with E-state index in [0.717, 1.165) is 5.56 Å². The van der Waals surface area contributed by atoms with E-state index in [9.17, 15) is 0 Å². The van der Waals surface area contributed by atoms with Crippen molar-refractivity contribution < 1.29 is 14.6 Å². The largest absolute Gasteiger partial charge is 0.495 e. The van der Waals surface area contributed by atoms with Crippen LogP contribution in [0.3, 0.4) is 0 Å². The van der Waals surface area contributed by atoms with Gasteiger partial charge in [-0.2, -0.15) is 0 Å². The second-order valence-corrected chi connectivity index (χ2v) is 4.31. The third-order valence-corrected chi connectivity index (χ3v) is 3.09. The summed E-state index contributed by atoms with van der Waals surface area (Å²) in [5, 5.41) is 9.15. The van der Waals surface area contributed by atoms with Crippen LogP contribution in [-0.2, 0) is 16.1 Å². The monoisotopic (exact) mass is 234 g/mol. The Balaban J connectivity index is 1.91. The number of hydrogen-bond acceptors (Lipinski definition) is 3. The van der Waals surface area contributed by atoms with Gasteiger partial charge < -0.3 is 14.6 Å². The summed E-state index contributed by atoms with van der Waals surface area (Å²) in [5.41, 5.74) is 1.15. The third kappa shape index (κ3) is 3.08. The summed E-state index contributed by atoms with van der Waals surface area (Å²) in [7, 11) is 0. The normalized spacial score (nSPS) is 27.8. The van der Waals surface area contributed by atoms with Crippen molar-refractivity contribution in [3.63, 3.8) is 0 Å². The van der Waals surface area contributed by atoms with E-state index in [0.29, 0.717) is 6.61 Å². The minimum atomic E-state index is -0.166. The van der Waals surface area contributed by atoms with Gasteiger partial charge in [0.15, 0.2) is 0 Å². The minimum absolute atomic E-state index is 0.00102. The summed E-state index contributed by atoms with van der Waals surface area (Å²) in [4.78, 5) is 0. The summed E-state index contributed by atoms with van der Waals surface area (Å²) in [6.07, 6.45) is 3.36. The van der Waals surface area contributed by atoms with Gasteiger partial charge in [-0.1, -0.05) is 37.3 Å². The highest BCUT2D eigenvalue weighted by Crippen LogP contribution is 2.22. The molecule has 0 bridgehead atoms. The maximum atomic E-state index is 9.15. The lowest BCUT2D eigenvalue weighted by molar-refractivity contribution is -0.0532. The molecule has 1 heterocycles. The zero-order valence-electron chi connectivity index (χ0n) is 9.95. The smallest absolute Gasteiger partial charge is 0.126 e. The van der Waals surface area contributed by atoms with Crippen LogP contribution in [0.4, 0.5) is 0 Å². The molecule has 3 heteroatoms. The maximum absolute atomic E-state index is 9.15. The quantitative estimate of drug-likeness (QED) is 0.867. The molecule has 17 heavy (non-hydrogen) atoms. The van der Waals surface area contributed by atoms with Crippen LogP contribution in [0.5, 0.6) is 0 Å². The van der Waals surface area contributed by atoms with Crippen LogP contribution in [0.15, 0.2) is 42.7 Å². The van der Waals surface area contributed by atoms with Crippen molar-refractivity contribution in [3.8, 4) is 0 Å². The first-order valence-corrected chi connectivity index (χ1v) is 5.90. The first kappa shape index (κ1) is 12.1. The van der Waals surface area contributed by atoms with E-state index >= 15 is 0 Å². The van der Waals surface area contributed by atoms with Crippen LogP contribution < -0.4 is 0 Å². The fraction of sp³-hybridized carbons (Fsp3) is 0.429. The summed E-state index contributed by atoms with van der Waals surface area (Å²) >= 11 is 0. The Morgan fingerprint density at radius 2 is 2.06 bits per heavy atom. The Kier molecular flexibility index (Phi) is 4.18. The molecular weight excluding hydrogens is 216 g/mol. The average Bonchev–Trinajstić information content (AvgIpc) is 2.39. The van der Waals surface area contributed by atoms with Gasteiger partial charge in [-0.05, 0) is 11.6 Å². The number of aliphatic hydroxyl groups is 1. The molecule has 0 amide bonds. The van der Waals surface area contributed by atoms with Gasteiger partial charge in [0.2, 0.25) is 0 Å². The van der Waals surface area contributed by atoms with Gasteiger partial charge in [-0.15, -0.1) is 0 Å². The fourth-order valence-electron chi connectivity index (χ4n) is 1.92. The van der Waals surface area contributed by atoms with Gasteiger partial charge in [-0.3, -0.25) is 0 Å². The molecule has 3 atom stereocenters. The lowest BCUT2D eigenvalue weighted by Crippen LogP contribution is -2.36. The predicted molar refractivity (Wildman–Crippen MR) is 65.3 cm³/mol. The maximum Gasteiger partial charge on any atom is 0.126 e. The molecule has 0 radical (unpaired) electrons. The van der Waals surface area contributed by atoms with Crippen molar-refractivity contribution >= 4 is 0 Å². The lowest BCUT2D eigenvalue weighted by Gasteiger charge is -2.31. The van der Waals surface area contributed by atoms with Crippen LogP contribution in [-0.4, -0.2) is 23.9 Å². The van der Waals surface area contributed by atoms with E-state index in [2.05, 4.69) is 0 Å². The van der Waals surface area contributed by atoms with Gasteiger partial charge in [-0.25, -0.2) is 0 Å². The Labute approximate surface area is 102 Å². The molecule has 1 aromatic rings. The average molecular weight is 234 g/mol. The van der Waals surface area contributed by atoms with Gasteiger partial charge in [0.25, 0.3) is 0 Å². The van der Waals surface area contributed by atoms with Crippen molar-refractivity contribution in [1.82, 2.24) is 0 Å². The number of ether oxygens (including phenoxy) is 2. The molecule has 1 aliphatic heterocycles. The molecule has 0 aromatic heterocycles. The lowest BCUT2D eigenvalue weighted by atomic mass is 9.96. The molecule has 0 aliphatic carbocycles. The summed E-state index contributed by atoms with van der Waals surface area (Å²) in [6, 6.07) is 10.1. The van der Waals surface area contributed by atoms with E-state index in [1.165, 1.54) is 0 Å². The highest BCUT2D eigenvalue weighted by atomic mass is 16.5. The molecule has 1 aliphatic rings. The third-order valence-electron chi connectivity index (χ3n) is 3.09. The van der Waals surface area contributed by atoms with Gasteiger partial charge >= 0.3 is 0 Å². The van der Waals surface area contributed by atoms with Crippen molar-refractivity contribution in [2.45, 2.75) is 25.7 Å². The van der Waals surface area contributed by atoms with Crippen LogP contribution in [0.1, 0.15) is 12.5 Å². The van der Waals surface area contributed by atoms with Crippen molar-refractivity contribution in [2.75, 3.05) is 6.61 Å². The first-order chi connectivity index (χ1) is 8.31. The molecule has 2 rings (SSSR count). The second kappa shape index (κ2) is 5.84. The van der Waals surface area contributed by atoms with Crippen molar-refractivity contribution in [3.05, 3.63) is 48.2 Å². The number of rotatable bonds is 4. The zero-order chi connectivity index (χ0) is 12.1. The summed E-state index contributed by atoms with van der Waals surface area (Å²) < 4.78 is 11.1. The van der Waals surface area contributed by atoms with E-state index < -0.39 is 0 Å². The molecule has 92 valence electrons. The Hall–Kier alpha value is -1.32. The van der Waals surface area contributed by atoms with Gasteiger partial charge in [0, 0.05) is 5.92 Å². The number of aliphatic hydroxyl groups excluding tert-OH is 1. The summed E-state index contributed by atoms with van der Waals surface area (Å²) in [5.74, 6) is 0.161. The molecule has 0 saturated heterocycles. The molecule has 1 aromatic carbocycles. The van der Waals surface area contributed by atoms with E-state index in [1.807, 2.05) is 43.3 Å². The molecule has 0 spiro atoms. The molecular formula is C14H18O3. The SMILES string of the molecule is CC1C(OCc2ccccc2)C=COC1CO. The van der Waals surface area contributed by atoms with Gasteiger partial charge in [0.05, 0.1) is 25.6 Å². The highest BCUT2D eigenvalue weighted by Gasteiger charge is 2.28. The van der Waals surface area contributed by atoms with Crippen molar-refractivity contribution in [2.24, 2.45) is 5.92 Å². The van der Waals surface area contributed by atoms with Crippen LogP contribution in [0.2, 0.25) is 0 Å². The van der Waals surface area contributed by atoms with E-state index in [1.54, 1.807) is 6.26 Å². The van der Waals surface area contributed by atoms with E-state index in [4.69, 9.17) is 14.6 Å². The Bertz CT molecular complexity index is 361. The Morgan fingerprint density at radius 1 is 1.29 bits per heavy atom. The predicted octanol–water partition coefficient (Wildman–Crippen LogP) is 2.11. The highest BCUT2D eigenvalue weighted by molar-refractivity contribution is 5.13. The molecule has 3 nitrogen and oxygen atoms in total. The molecule has 1 N–H and O–H groups in total. The fourth-order valence-corrected chi connectivity index (χ4v) is 1.92. The standard InChI is InChI=1S/C14H18O3/c1-11-13(7-8-16-14(11)9-15)17-10-12-5-3-2-4-6-12/h2-8,11,13-15H,9-10H2,1H3. The number of hydrogen-bond donors (Lipinski definition) is 1. The topological polar surface area (TPSA) is 38.7 Å². The van der Waals surface area contributed by atoms with Crippen LogP contribution >= 0.6 is 0 Å². The number of benzene rings is 1. The van der Waals surface area contributed by atoms with Crippen LogP contribution in [0.25, 0.3) is 0 Å². The Morgan fingerprint density at radius 3 is 2.76 bits per heavy atom. The first-order valence-electron chi connectivity index (χ1n) is 5.90. The van der Waals surface area contributed by atoms with E-state index in [-0.39, 0.29) is 24.7 Å². The molecule has 0 saturated carbocycles. The van der Waals surface area contributed by atoms with Gasteiger partial charge in [0.1, 0.15) is 6.10 Å². The zero-order valence-corrected chi connectivity index (χ0v) is 9.95. The van der Waals surface area contributed by atoms with Crippen LogP contribution in [0, 0.1) is 5.92 Å². The molecule has 3 unspecified atom stereocenters. The van der Waals surface area contributed by atoms with Crippen molar-refractivity contribution in [1.29, 1.82) is 0 Å². The summed E-state index contributed by atoms with van der Waals surface area (Å²) in [6.45, 7) is 2.63. The second-order valence-electron chi connectivity index (χ2n) is 4.31.